The molecule has 2 heterocycles. The van der Waals surface area contributed by atoms with E-state index in [9.17, 15) is 19.8 Å². The maximum atomic E-state index is 12.9. The zero-order chi connectivity index (χ0) is 19.9. The SMILES string of the molecule is COc1ccc(-[n+]2noc([O-])c2C(=O)CC2(O)C(=O)Nc3ccccc32)cc1. The van der Waals surface area contributed by atoms with Gasteiger partial charge in [-0.25, -0.2) is 0 Å². The van der Waals surface area contributed by atoms with Gasteiger partial charge < -0.3 is 24.8 Å². The summed E-state index contributed by atoms with van der Waals surface area (Å²) in [6.07, 6.45) is -0.636. The Morgan fingerprint density at radius 3 is 2.71 bits per heavy atom. The summed E-state index contributed by atoms with van der Waals surface area (Å²) in [5, 5.41) is 29.1. The Bertz CT molecular complexity index is 1080. The first-order valence-corrected chi connectivity index (χ1v) is 8.34. The highest BCUT2D eigenvalue weighted by Crippen LogP contribution is 2.39. The van der Waals surface area contributed by atoms with Crippen molar-refractivity contribution in [2.24, 2.45) is 0 Å². The first-order chi connectivity index (χ1) is 13.4. The molecule has 4 rings (SSSR count). The van der Waals surface area contributed by atoms with Crippen molar-refractivity contribution in [2.45, 2.75) is 12.0 Å². The van der Waals surface area contributed by atoms with Gasteiger partial charge in [0.05, 0.1) is 18.8 Å². The van der Waals surface area contributed by atoms with Gasteiger partial charge in [0.15, 0.2) is 11.5 Å². The van der Waals surface area contributed by atoms with E-state index in [-0.39, 0.29) is 5.56 Å². The van der Waals surface area contributed by atoms with E-state index in [4.69, 9.17) is 4.74 Å². The van der Waals surface area contributed by atoms with Crippen LogP contribution in [-0.4, -0.2) is 29.2 Å². The number of hydrogen-bond acceptors (Lipinski definition) is 7. The lowest BCUT2D eigenvalue weighted by Gasteiger charge is -2.18. The van der Waals surface area contributed by atoms with Crippen LogP contribution in [0.15, 0.2) is 53.1 Å². The molecule has 9 nitrogen and oxygen atoms in total. The van der Waals surface area contributed by atoms with Gasteiger partial charge in [-0.3, -0.25) is 9.59 Å². The molecule has 142 valence electrons. The monoisotopic (exact) mass is 381 g/mol. The fourth-order valence-electron chi connectivity index (χ4n) is 3.17. The minimum atomic E-state index is -2.09. The number of carbonyl (C=O) groups excluding carboxylic acids is 2. The van der Waals surface area contributed by atoms with E-state index in [2.05, 4.69) is 15.1 Å². The zero-order valence-electron chi connectivity index (χ0n) is 14.7. The van der Waals surface area contributed by atoms with E-state index >= 15 is 0 Å². The minimum absolute atomic E-state index is 0.272. The molecule has 0 saturated heterocycles. The second-order valence-electron chi connectivity index (χ2n) is 6.28. The Hall–Kier alpha value is -3.72. The first kappa shape index (κ1) is 17.7. The highest BCUT2D eigenvalue weighted by molar-refractivity contribution is 6.09. The van der Waals surface area contributed by atoms with Crippen molar-refractivity contribution in [3.8, 4) is 17.4 Å². The molecule has 0 radical (unpaired) electrons. The second-order valence-corrected chi connectivity index (χ2v) is 6.28. The van der Waals surface area contributed by atoms with Gasteiger partial charge >= 0.3 is 5.69 Å². The minimum Gasteiger partial charge on any atom is -0.539 e. The van der Waals surface area contributed by atoms with E-state index in [0.717, 1.165) is 4.68 Å². The average Bonchev–Trinajstić information content (AvgIpc) is 3.20. The molecule has 1 amide bonds. The number of Topliss-reactive ketones (excluding diaryl/α,β-unsaturated/α-hetero) is 1. The smallest absolute Gasteiger partial charge is 0.306 e. The van der Waals surface area contributed by atoms with Crippen LogP contribution in [0.1, 0.15) is 22.5 Å². The predicted molar refractivity (Wildman–Crippen MR) is 91.9 cm³/mol. The molecule has 0 aliphatic carbocycles. The van der Waals surface area contributed by atoms with Crippen molar-refractivity contribution in [3.63, 3.8) is 0 Å². The van der Waals surface area contributed by atoms with E-state index < -0.39 is 35.4 Å². The number of aromatic nitrogens is 2. The summed E-state index contributed by atoms with van der Waals surface area (Å²) >= 11 is 0. The molecule has 0 bridgehead atoms. The lowest BCUT2D eigenvalue weighted by molar-refractivity contribution is -0.672. The molecule has 2 aromatic carbocycles. The molecular weight excluding hydrogens is 366 g/mol. The summed E-state index contributed by atoms with van der Waals surface area (Å²) in [5.41, 5.74) is -1.41. The van der Waals surface area contributed by atoms with Crippen LogP contribution in [0.5, 0.6) is 11.7 Å². The number of nitrogens with one attached hydrogen (secondary N) is 1. The molecule has 1 atom stereocenters. The molecule has 1 unspecified atom stereocenters. The molecule has 9 heteroatoms. The third-order valence-corrected chi connectivity index (χ3v) is 4.60. The number of ether oxygens (including phenoxy) is 1. The van der Waals surface area contributed by atoms with Crippen molar-refractivity contribution in [2.75, 3.05) is 12.4 Å². The van der Waals surface area contributed by atoms with Gasteiger partial charge in [-0.05, 0) is 22.9 Å². The van der Waals surface area contributed by atoms with Crippen LogP contribution >= 0.6 is 0 Å². The molecular formula is C19H15N3O6. The Morgan fingerprint density at radius 2 is 2.00 bits per heavy atom. The van der Waals surface area contributed by atoms with Crippen LogP contribution in [0.2, 0.25) is 0 Å². The number of amides is 1. The lowest BCUT2D eigenvalue weighted by Crippen LogP contribution is -2.42. The fourth-order valence-corrected chi connectivity index (χ4v) is 3.17. The Kier molecular flexibility index (Phi) is 4.08. The van der Waals surface area contributed by atoms with Crippen LogP contribution in [0.4, 0.5) is 5.69 Å². The van der Waals surface area contributed by atoms with Crippen LogP contribution < -0.4 is 19.8 Å². The highest BCUT2D eigenvalue weighted by atomic mass is 16.6. The van der Waals surface area contributed by atoms with Crippen molar-refractivity contribution in [3.05, 3.63) is 59.8 Å². The van der Waals surface area contributed by atoms with Crippen molar-refractivity contribution < 1.29 is 33.7 Å². The summed E-state index contributed by atoms with van der Waals surface area (Å²) < 4.78 is 10.8. The third kappa shape index (κ3) is 2.69. The number of benzene rings is 2. The topological polar surface area (TPSA) is 129 Å². The maximum Gasteiger partial charge on any atom is 0.306 e. The first-order valence-electron chi connectivity index (χ1n) is 8.34. The van der Waals surface area contributed by atoms with Gasteiger partial charge in [0.1, 0.15) is 5.75 Å². The molecule has 0 spiro atoms. The van der Waals surface area contributed by atoms with Gasteiger partial charge in [-0.1, -0.05) is 18.2 Å². The van der Waals surface area contributed by atoms with Gasteiger partial charge in [-0.15, -0.1) is 0 Å². The highest BCUT2D eigenvalue weighted by Gasteiger charge is 2.48. The summed E-state index contributed by atoms with van der Waals surface area (Å²) in [4.78, 5) is 25.2. The standard InChI is InChI=1S/C19H15N3O6/c1-27-12-8-6-11(7-9-12)22-16(17(24)28-21-22)15(23)10-19(26)13-4-2-3-5-14(13)20-18(19)25/h2-9,26H,10H2,1H3,(H-,20,21,23,24,25). The van der Waals surface area contributed by atoms with Gasteiger partial charge in [0.2, 0.25) is 11.5 Å². The van der Waals surface area contributed by atoms with Crippen molar-refractivity contribution in [1.82, 2.24) is 5.27 Å². The van der Waals surface area contributed by atoms with Crippen LogP contribution in [0, 0.1) is 0 Å². The average molecular weight is 381 g/mol. The maximum absolute atomic E-state index is 12.9. The number of nitrogens with zero attached hydrogens (tertiary/aromatic N) is 2. The molecule has 0 fully saturated rings. The Balaban J connectivity index is 1.70. The summed E-state index contributed by atoms with van der Waals surface area (Å²) in [5.74, 6) is -1.90. The predicted octanol–water partition coefficient (Wildman–Crippen LogP) is 0.446. The number of aliphatic hydroxyl groups is 1. The molecule has 3 aromatic rings. The summed E-state index contributed by atoms with van der Waals surface area (Å²) in [7, 11) is 1.51. The third-order valence-electron chi connectivity index (χ3n) is 4.60. The Morgan fingerprint density at radius 1 is 1.29 bits per heavy atom. The molecule has 1 aliphatic heterocycles. The van der Waals surface area contributed by atoms with Crippen molar-refractivity contribution in [1.29, 1.82) is 0 Å². The summed E-state index contributed by atoms with van der Waals surface area (Å²) in [6, 6.07) is 12.9. The number of methoxy groups -OCH3 is 1. The quantitative estimate of drug-likeness (QED) is 0.485. The fraction of sp³-hybridized carbons (Fsp3) is 0.158. The molecule has 0 saturated carbocycles. The van der Waals surface area contributed by atoms with Crippen molar-refractivity contribution >= 4 is 17.4 Å². The second kappa shape index (κ2) is 6.46. The summed E-state index contributed by atoms with van der Waals surface area (Å²) in [6.45, 7) is 0. The number of fused-ring (bicyclic) bond motifs is 1. The zero-order valence-corrected chi connectivity index (χ0v) is 14.7. The number of carbonyl (C=O) groups is 2. The van der Waals surface area contributed by atoms with E-state index in [1.54, 1.807) is 48.5 Å². The van der Waals surface area contributed by atoms with Gasteiger partial charge in [-0.2, -0.15) is 0 Å². The normalized spacial score (nSPS) is 17.9. The van der Waals surface area contributed by atoms with E-state index in [1.165, 1.54) is 7.11 Å². The number of rotatable bonds is 5. The molecule has 1 aromatic heterocycles. The Labute approximate surface area is 158 Å². The molecule has 1 aliphatic rings. The van der Waals surface area contributed by atoms with E-state index in [0.29, 0.717) is 17.1 Å². The van der Waals surface area contributed by atoms with Gasteiger partial charge in [0, 0.05) is 23.4 Å². The number of para-hydroxylation sites is 1. The molecule has 2 N–H and O–H groups in total. The van der Waals surface area contributed by atoms with Crippen LogP contribution in [0.3, 0.4) is 0 Å². The van der Waals surface area contributed by atoms with E-state index in [1.807, 2.05) is 0 Å². The number of ketones is 1. The van der Waals surface area contributed by atoms with Crippen LogP contribution in [-0.2, 0) is 10.4 Å². The lowest BCUT2D eigenvalue weighted by atomic mass is 9.89. The molecule has 28 heavy (non-hydrogen) atoms. The number of anilines is 1. The van der Waals surface area contributed by atoms with Crippen LogP contribution in [0.25, 0.3) is 5.69 Å². The number of hydrogen-bond donors (Lipinski definition) is 2. The van der Waals surface area contributed by atoms with Gasteiger partial charge in [0.25, 0.3) is 5.91 Å². The largest absolute Gasteiger partial charge is 0.539 e.